The highest BCUT2D eigenvalue weighted by Gasteiger charge is 1.88. The van der Waals surface area contributed by atoms with Crippen LogP contribution in [0.5, 0.6) is 0 Å². The number of anilines is 1. The molecule has 1 aromatic rings. The van der Waals surface area contributed by atoms with Crippen molar-refractivity contribution < 1.29 is 0 Å². The summed E-state index contributed by atoms with van der Waals surface area (Å²) in [7, 11) is 1.81. The van der Waals surface area contributed by atoms with Crippen LogP contribution in [0.4, 0.5) is 5.69 Å². The first-order valence-electron chi connectivity index (χ1n) is 2.54. The van der Waals surface area contributed by atoms with Gasteiger partial charge >= 0.3 is 0 Å². The molecule has 0 aliphatic carbocycles. The Hall–Kier alpha value is -0.760. The number of halogens is 1. The summed E-state index contributed by atoms with van der Waals surface area (Å²) in [5, 5.41) is 3.37. The summed E-state index contributed by atoms with van der Waals surface area (Å²) in [6.45, 7) is 0. The average Bonchev–Trinajstić information content (AvgIpc) is 1.88. The lowest BCUT2D eigenvalue weighted by atomic mass is 10.4. The minimum absolute atomic E-state index is 0.484. The summed E-state index contributed by atoms with van der Waals surface area (Å²) < 4.78 is 0. The van der Waals surface area contributed by atoms with Crippen LogP contribution >= 0.6 is 11.6 Å². The SMILES string of the molecule is CNc1[c]cnc(Cl)c1. The van der Waals surface area contributed by atoms with E-state index in [4.69, 9.17) is 11.6 Å². The van der Waals surface area contributed by atoms with Crippen LogP contribution in [-0.4, -0.2) is 12.0 Å². The lowest BCUT2D eigenvalue weighted by Crippen LogP contribution is -1.87. The molecule has 0 saturated heterocycles. The largest absolute Gasteiger partial charge is 0.387 e. The van der Waals surface area contributed by atoms with Gasteiger partial charge in [-0.15, -0.1) is 0 Å². The zero-order valence-electron chi connectivity index (χ0n) is 4.98. The van der Waals surface area contributed by atoms with Crippen molar-refractivity contribution in [1.29, 1.82) is 0 Å². The Kier molecular flexibility index (Phi) is 1.90. The molecule has 0 unspecified atom stereocenters. The summed E-state index contributed by atoms with van der Waals surface area (Å²) in [6.07, 6.45) is 1.54. The molecule has 2 nitrogen and oxygen atoms in total. The Morgan fingerprint density at radius 3 is 3.00 bits per heavy atom. The van der Waals surface area contributed by atoms with Crippen LogP contribution in [0.25, 0.3) is 0 Å². The molecule has 0 amide bonds. The normalized spacial score (nSPS) is 9.11. The first-order valence-corrected chi connectivity index (χ1v) is 2.91. The average molecular weight is 142 g/mol. The smallest absolute Gasteiger partial charge is 0.131 e. The summed E-state index contributed by atoms with van der Waals surface area (Å²) in [5.74, 6) is 0. The first-order chi connectivity index (χ1) is 4.33. The van der Waals surface area contributed by atoms with Gasteiger partial charge in [0.25, 0.3) is 0 Å². The third-order valence-electron chi connectivity index (χ3n) is 0.941. The summed E-state index contributed by atoms with van der Waals surface area (Å²) in [5.41, 5.74) is 0.856. The summed E-state index contributed by atoms with van der Waals surface area (Å²) in [6, 6.07) is 4.56. The maximum absolute atomic E-state index is 5.55. The Morgan fingerprint density at radius 1 is 1.78 bits per heavy atom. The highest BCUT2D eigenvalue weighted by Crippen LogP contribution is 2.09. The molecule has 1 aromatic heterocycles. The Morgan fingerprint density at radius 2 is 2.56 bits per heavy atom. The van der Waals surface area contributed by atoms with Crippen LogP contribution in [0.2, 0.25) is 5.15 Å². The molecule has 1 rings (SSSR count). The maximum Gasteiger partial charge on any atom is 0.131 e. The number of hydrogen-bond donors (Lipinski definition) is 1. The van der Waals surface area contributed by atoms with E-state index >= 15 is 0 Å². The van der Waals surface area contributed by atoms with Gasteiger partial charge in [-0.2, -0.15) is 0 Å². The molecule has 3 heteroatoms. The zero-order valence-corrected chi connectivity index (χ0v) is 5.74. The second-order valence-corrected chi connectivity index (χ2v) is 1.92. The molecule has 0 fully saturated rings. The number of rotatable bonds is 1. The van der Waals surface area contributed by atoms with E-state index in [-0.39, 0.29) is 0 Å². The first kappa shape index (κ1) is 6.36. The molecule has 0 aliphatic rings. The third kappa shape index (κ3) is 1.57. The van der Waals surface area contributed by atoms with Crippen molar-refractivity contribution in [3.8, 4) is 0 Å². The van der Waals surface area contributed by atoms with Gasteiger partial charge in [0.1, 0.15) is 5.15 Å². The fourth-order valence-corrected chi connectivity index (χ4v) is 0.664. The van der Waals surface area contributed by atoms with E-state index < -0.39 is 0 Å². The molecular formula is C6H6ClN2. The summed E-state index contributed by atoms with van der Waals surface area (Å²) >= 11 is 5.55. The third-order valence-corrected chi connectivity index (χ3v) is 1.15. The van der Waals surface area contributed by atoms with E-state index in [0.29, 0.717) is 5.15 Å². The van der Waals surface area contributed by atoms with Gasteiger partial charge in [0.05, 0.1) is 0 Å². The van der Waals surface area contributed by atoms with Crippen molar-refractivity contribution in [2.75, 3.05) is 12.4 Å². The molecule has 47 valence electrons. The monoisotopic (exact) mass is 141 g/mol. The minimum atomic E-state index is 0.484. The molecule has 0 spiro atoms. The molecule has 0 aromatic carbocycles. The quantitative estimate of drug-likeness (QED) is 0.601. The van der Waals surface area contributed by atoms with Crippen LogP contribution < -0.4 is 5.32 Å². The Balaban J connectivity index is 2.94. The predicted molar refractivity (Wildman–Crippen MR) is 37.6 cm³/mol. The fraction of sp³-hybridized carbons (Fsp3) is 0.167. The van der Waals surface area contributed by atoms with E-state index in [2.05, 4.69) is 16.4 Å². The molecule has 1 N–H and O–H groups in total. The van der Waals surface area contributed by atoms with Crippen LogP contribution in [0, 0.1) is 6.07 Å². The van der Waals surface area contributed by atoms with Crippen molar-refractivity contribution >= 4 is 17.3 Å². The molecule has 1 heterocycles. The number of pyridine rings is 1. The Labute approximate surface area is 58.9 Å². The van der Waals surface area contributed by atoms with Crippen molar-refractivity contribution in [3.63, 3.8) is 0 Å². The number of aromatic nitrogens is 1. The van der Waals surface area contributed by atoms with Gasteiger partial charge in [-0.3, -0.25) is 0 Å². The topological polar surface area (TPSA) is 24.9 Å². The number of hydrogen-bond acceptors (Lipinski definition) is 2. The van der Waals surface area contributed by atoms with Gasteiger partial charge < -0.3 is 5.32 Å². The molecular weight excluding hydrogens is 136 g/mol. The van der Waals surface area contributed by atoms with Gasteiger partial charge in [-0.1, -0.05) is 11.6 Å². The van der Waals surface area contributed by atoms with Crippen LogP contribution in [0.1, 0.15) is 0 Å². The van der Waals surface area contributed by atoms with E-state index in [1.807, 2.05) is 7.05 Å². The van der Waals surface area contributed by atoms with Gasteiger partial charge in [-0.25, -0.2) is 4.98 Å². The second kappa shape index (κ2) is 2.69. The molecule has 9 heavy (non-hydrogen) atoms. The van der Waals surface area contributed by atoms with E-state index in [0.717, 1.165) is 5.69 Å². The van der Waals surface area contributed by atoms with Crippen molar-refractivity contribution in [1.82, 2.24) is 4.98 Å². The minimum Gasteiger partial charge on any atom is -0.387 e. The second-order valence-electron chi connectivity index (χ2n) is 1.53. The molecule has 0 bridgehead atoms. The fourth-order valence-electron chi connectivity index (χ4n) is 0.506. The molecule has 1 radical (unpaired) electrons. The zero-order chi connectivity index (χ0) is 6.69. The van der Waals surface area contributed by atoms with Crippen molar-refractivity contribution in [2.24, 2.45) is 0 Å². The molecule has 0 atom stereocenters. The Bertz CT molecular complexity index is 200. The number of nitrogens with one attached hydrogen (secondary N) is 1. The van der Waals surface area contributed by atoms with Crippen LogP contribution in [0.15, 0.2) is 12.3 Å². The van der Waals surface area contributed by atoms with Crippen molar-refractivity contribution in [2.45, 2.75) is 0 Å². The van der Waals surface area contributed by atoms with Crippen LogP contribution in [0.3, 0.4) is 0 Å². The lowest BCUT2D eigenvalue weighted by molar-refractivity contribution is 1.31. The highest BCUT2D eigenvalue weighted by molar-refractivity contribution is 6.29. The lowest BCUT2D eigenvalue weighted by Gasteiger charge is -1.95. The van der Waals surface area contributed by atoms with Gasteiger partial charge in [0.15, 0.2) is 0 Å². The van der Waals surface area contributed by atoms with E-state index in [9.17, 15) is 0 Å². The standard InChI is InChI=1S/C6H6ClN2/c1-8-5-2-3-9-6(7)4-5/h3-4H,1H3,(H,8,9). The summed E-state index contributed by atoms with van der Waals surface area (Å²) in [4.78, 5) is 3.76. The predicted octanol–water partition coefficient (Wildman–Crippen LogP) is 1.58. The van der Waals surface area contributed by atoms with Gasteiger partial charge in [0, 0.05) is 25.0 Å². The van der Waals surface area contributed by atoms with E-state index in [1.165, 1.54) is 6.20 Å². The van der Waals surface area contributed by atoms with Crippen LogP contribution in [-0.2, 0) is 0 Å². The maximum atomic E-state index is 5.55. The van der Waals surface area contributed by atoms with Crippen molar-refractivity contribution in [3.05, 3.63) is 23.5 Å². The molecule has 0 aliphatic heterocycles. The van der Waals surface area contributed by atoms with Gasteiger partial charge in [-0.05, 0) is 6.07 Å². The number of nitrogens with zero attached hydrogens (tertiary/aromatic N) is 1. The van der Waals surface area contributed by atoms with Gasteiger partial charge in [0.2, 0.25) is 0 Å². The highest BCUT2D eigenvalue weighted by atomic mass is 35.5. The molecule has 0 saturated carbocycles. The van der Waals surface area contributed by atoms with E-state index in [1.54, 1.807) is 6.07 Å².